The number of ether oxygens (including phenoxy) is 1. The number of esters is 1. The minimum atomic E-state index is -4.56. The first-order valence-electron chi connectivity index (χ1n) is 8.82. The van der Waals surface area contributed by atoms with Gasteiger partial charge in [-0.2, -0.15) is 13.2 Å². The van der Waals surface area contributed by atoms with Crippen LogP contribution < -0.4 is 10.2 Å². The average molecular weight is 392 g/mol. The number of rotatable bonds is 5. The lowest BCUT2D eigenvalue weighted by Gasteiger charge is -2.17. The van der Waals surface area contributed by atoms with Crippen LogP contribution in [0, 0.1) is 0 Å². The molecular weight excluding hydrogens is 373 g/mol. The Morgan fingerprint density at radius 1 is 1.04 bits per heavy atom. The molecule has 28 heavy (non-hydrogen) atoms. The summed E-state index contributed by atoms with van der Waals surface area (Å²) >= 11 is 0. The molecule has 1 aliphatic heterocycles. The highest BCUT2D eigenvalue weighted by Crippen LogP contribution is 2.29. The van der Waals surface area contributed by atoms with E-state index in [4.69, 9.17) is 4.74 Å². The SMILES string of the molecule is O=C(COC(=O)c1cccc(C(F)(F)F)c1)Nc1ccc(N2CCCC2)cc1. The highest BCUT2D eigenvalue weighted by molar-refractivity contribution is 5.95. The van der Waals surface area contributed by atoms with Crippen LogP contribution in [0.3, 0.4) is 0 Å². The molecule has 8 heteroatoms. The third-order valence-corrected chi connectivity index (χ3v) is 4.38. The molecule has 0 aliphatic carbocycles. The van der Waals surface area contributed by atoms with Crippen LogP contribution in [-0.2, 0) is 15.7 Å². The molecule has 2 aromatic rings. The van der Waals surface area contributed by atoms with Gasteiger partial charge in [-0.05, 0) is 55.3 Å². The number of alkyl halides is 3. The summed E-state index contributed by atoms with van der Waals surface area (Å²) < 4.78 is 42.9. The third-order valence-electron chi connectivity index (χ3n) is 4.38. The van der Waals surface area contributed by atoms with E-state index in [1.807, 2.05) is 12.1 Å². The first-order valence-corrected chi connectivity index (χ1v) is 8.82. The van der Waals surface area contributed by atoms with Gasteiger partial charge in [-0.25, -0.2) is 4.79 Å². The van der Waals surface area contributed by atoms with Crippen molar-refractivity contribution in [3.8, 4) is 0 Å². The number of nitrogens with one attached hydrogen (secondary N) is 1. The summed E-state index contributed by atoms with van der Waals surface area (Å²) in [4.78, 5) is 26.1. The number of carbonyl (C=O) groups excluding carboxylic acids is 2. The topological polar surface area (TPSA) is 58.6 Å². The zero-order chi connectivity index (χ0) is 20.1. The van der Waals surface area contributed by atoms with Crippen molar-refractivity contribution in [2.24, 2.45) is 0 Å². The van der Waals surface area contributed by atoms with Crippen LogP contribution in [0.5, 0.6) is 0 Å². The Balaban J connectivity index is 1.52. The van der Waals surface area contributed by atoms with Gasteiger partial charge in [0.25, 0.3) is 5.91 Å². The predicted octanol–water partition coefficient (Wildman–Crippen LogP) is 4.10. The van der Waals surface area contributed by atoms with Gasteiger partial charge in [-0.1, -0.05) is 6.07 Å². The van der Waals surface area contributed by atoms with E-state index in [-0.39, 0.29) is 5.56 Å². The molecule has 1 fully saturated rings. The van der Waals surface area contributed by atoms with Crippen molar-refractivity contribution in [2.45, 2.75) is 19.0 Å². The number of hydrogen-bond donors (Lipinski definition) is 1. The Hall–Kier alpha value is -3.03. The lowest BCUT2D eigenvalue weighted by Crippen LogP contribution is -2.21. The van der Waals surface area contributed by atoms with Gasteiger partial charge in [-0.3, -0.25) is 4.79 Å². The Bertz CT molecular complexity index is 845. The molecule has 148 valence electrons. The van der Waals surface area contributed by atoms with E-state index >= 15 is 0 Å². The molecule has 1 amide bonds. The summed E-state index contributed by atoms with van der Waals surface area (Å²) in [5, 5.41) is 2.59. The fourth-order valence-corrected chi connectivity index (χ4v) is 2.96. The van der Waals surface area contributed by atoms with Gasteiger partial charge < -0.3 is 15.0 Å². The Labute approximate surface area is 160 Å². The summed E-state index contributed by atoms with van der Waals surface area (Å²) in [5.41, 5.74) is 0.400. The van der Waals surface area contributed by atoms with Crippen molar-refractivity contribution in [2.75, 3.05) is 29.9 Å². The van der Waals surface area contributed by atoms with Crippen molar-refractivity contribution in [1.29, 1.82) is 0 Å². The van der Waals surface area contributed by atoms with Crippen LogP contribution in [0.4, 0.5) is 24.5 Å². The van der Waals surface area contributed by atoms with Crippen LogP contribution in [-0.4, -0.2) is 31.6 Å². The zero-order valence-electron chi connectivity index (χ0n) is 15.0. The van der Waals surface area contributed by atoms with Crippen molar-refractivity contribution in [1.82, 2.24) is 0 Å². The number of nitrogens with zero attached hydrogens (tertiary/aromatic N) is 1. The number of hydrogen-bond acceptors (Lipinski definition) is 4. The van der Waals surface area contributed by atoms with Gasteiger partial charge >= 0.3 is 12.1 Å². The van der Waals surface area contributed by atoms with Crippen LogP contribution in [0.1, 0.15) is 28.8 Å². The second-order valence-electron chi connectivity index (χ2n) is 6.44. The van der Waals surface area contributed by atoms with Gasteiger partial charge in [0.15, 0.2) is 6.61 Å². The van der Waals surface area contributed by atoms with E-state index in [2.05, 4.69) is 10.2 Å². The van der Waals surface area contributed by atoms with Crippen LogP contribution >= 0.6 is 0 Å². The van der Waals surface area contributed by atoms with Gasteiger partial charge in [0.05, 0.1) is 11.1 Å². The van der Waals surface area contributed by atoms with Gasteiger partial charge in [0.1, 0.15) is 0 Å². The fourth-order valence-electron chi connectivity index (χ4n) is 2.96. The van der Waals surface area contributed by atoms with Crippen LogP contribution in [0.15, 0.2) is 48.5 Å². The monoisotopic (exact) mass is 392 g/mol. The Morgan fingerprint density at radius 2 is 1.71 bits per heavy atom. The smallest absolute Gasteiger partial charge is 0.416 e. The van der Waals surface area contributed by atoms with E-state index < -0.39 is 30.2 Å². The summed E-state index contributed by atoms with van der Waals surface area (Å²) in [6.07, 6.45) is -2.24. The largest absolute Gasteiger partial charge is 0.452 e. The molecule has 0 radical (unpaired) electrons. The van der Waals surface area contributed by atoms with Gasteiger partial charge in [0.2, 0.25) is 0 Å². The minimum absolute atomic E-state index is 0.266. The summed E-state index contributed by atoms with van der Waals surface area (Å²) in [6.45, 7) is 1.43. The summed E-state index contributed by atoms with van der Waals surface area (Å²) in [6, 6.07) is 11.2. The normalized spacial score (nSPS) is 14.0. The van der Waals surface area contributed by atoms with E-state index in [9.17, 15) is 22.8 Å². The Morgan fingerprint density at radius 3 is 2.36 bits per heavy atom. The standard InChI is InChI=1S/C20H19F3N2O3/c21-20(22,23)15-5-3-4-14(12-15)19(27)28-13-18(26)24-16-6-8-17(9-7-16)25-10-1-2-11-25/h3-9,12H,1-2,10-11,13H2,(H,24,26). The maximum Gasteiger partial charge on any atom is 0.416 e. The third kappa shape index (κ3) is 5.03. The molecule has 0 unspecified atom stereocenters. The maximum atomic E-state index is 12.7. The van der Waals surface area contributed by atoms with E-state index in [0.717, 1.165) is 43.8 Å². The lowest BCUT2D eigenvalue weighted by molar-refractivity contribution is -0.137. The molecule has 1 saturated heterocycles. The number of amides is 1. The maximum absolute atomic E-state index is 12.7. The second-order valence-corrected chi connectivity index (χ2v) is 6.44. The van der Waals surface area contributed by atoms with Gasteiger partial charge in [0, 0.05) is 24.5 Å². The molecule has 0 spiro atoms. The quantitative estimate of drug-likeness (QED) is 0.779. The average Bonchev–Trinajstić information content (AvgIpc) is 3.21. The number of halogens is 3. The van der Waals surface area contributed by atoms with Crippen LogP contribution in [0.25, 0.3) is 0 Å². The molecule has 1 heterocycles. The molecule has 1 aliphatic rings. The molecule has 3 rings (SSSR count). The zero-order valence-corrected chi connectivity index (χ0v) is 15.0. The van der Waals surface area contributed by atoms with E-state index in [1.54, 1.807) is 12.1 Å². The highest BCUT2D eigenvalue weighted by atomic mass is 19.4. The first kappa shape index (κ1) is 19.7. The lowest BCUT2D eigenvalue weighted by atomic mass is 10.1. The van der Waals surface area contributed by atoms with E-state index in [1.165, 1.54) is 6.07 Å². The molecule has 2 aromatic carbocycles. The van der Waals surface area contributed by atoms with Crippen LogP contribution in [0.2, 0.25) is 0 Å². The minimum Gasteiger partial charge on any atom is -0.452 e. The molecule has 0 aromatic heterocycles. The molecular formula is C20H19F3N2O3. The number of benzene rings is 2. The van der Waals surface area contributed by atoms with Crippen molar-refractivity contribution in [3.05, 3.63) is 59.7 Å². The van der Waals surface area contributed by atoms with Crippen molar-refractivity contribution >= 4 is 23.3 Å². The van der Waals surface area contributed by atoms with Crippen molar-refractivity contribution in [3.63, 3.8) is 0 Å². The molecule has 0 atom stereocenters. The molecule has 5 nitrogen and oxygen atoms in total. The molecule has 0 saturated carbocycles. The molecule has 1 N–H and O–H groups in total. The van der Waals surface area contributed by atoms with E-state index in [0.29, 0.717) is 11.8 Å². The first-order chi connectivity index (χ1) is 13.3. The van der Waals surface area contributed by atoms with Gasteiger partial charge in [-0.15, -0.1) is 0 Å². The summed E-state index contributed by atoms with van der Waals surface area (Å²) in [7, 11) is 0. The molecule has 0 bridgehead atoms. The number of anilines is 2. The second kappa shape index (κ2) is 8.33. The number of carbonyl (C=O) groups is 2. The highest BCUT2D eigenvalue weighted by Gasteiger charge is 2.31. The Kier molecular flexibility index (Phi) is 5.87. The predicted molar refractivity (Wildman–Crippen MR) is 98.2 cm³/mol. The van der Waals surface area contributed by atoms with Crippen molar-refractivity contribution < 1.29 is 27.5 Å². The summed E-state index contributed by atoms with van der Waals surface area (Å²) in [5.74, 6) is -1.57. The fraction of sp³-hybridized carbons (Fsp3) is 0.300.